The summed E-state index contributed by atoms with van der Waals surface area (Å²) in [7, 11) is 0. The summed E-state index contributed by atoms with van der Waals surface area (Å²) in [5, 5.41) is 13.4. The number of amides is 2. The van der Waals surface area contributed by atoms with E-state index in [2.05, 4.69) is 10.2 Å². The number of non-ortho nitro benzene ring substituents is 1. The second-order valence-electron chi connectivity index (χ2n) is 9.46. The molecule has 1 N–H and O–H groups in total. The van der Waals surface area contributed by atoms with Crippen LogP contribution in [-0.2, 0) is 32.1 Å². The molecule has 0 bridgehead atoms. The molecule has 0 spiro atoms. The number of piperidine rings is 1. The molecular weight excluding hydrogens is 508 g/mol. The third-order valence-corrected chi connectivity index (χ3v) is 8.19. The summed E-state index contributed by atoms with van der Waals surface area (Å²) in [6.45, 7) is 1.53. The quantitative estimate of drug-likeness (QED) is 0.237. The van der Waals surface area contributed by atoms with Gasteiger partial charge in [0.1, 0.15) is 18.0 Å². The lowest BCUT2D eigenvalue weighted by Crippen LogP contribution is -2.71. The van der Waals surface area contributed by atoms with Crippen molar-refractivity contribution in [2.75, 3.05) is 18.8 Å². The molecule has 3 heterocycles. The first-order valence-electron chi connectivity index (χ1n) is 12.6. The van der Waals surface area contributed by atoms with Crippen LogP contribution in [0.25, 0.3) is 0 Å². The first-order valence-corrected chi connectivity index (χ1v) is 13.6. The molecule has 1 unspecified atom stereocenters. The minimum atomic E-state index is -0.711. The number of nitro benzene ring substituents is 1. The molecule has 5 rings (SSSR count). The summed E-state index contributed by atoms with van der Waals surface area (Å²) in [5.74, 6) is -0.665. The van der Waals surface area contributed by atoms with Crippen LogP contribution in [0.1, 0.15) is 30.4 Å². The molecule has 11 heteroatoms. The summed E-state index contributed by atoms with van der Waals surface area (Å²) >= 11 is 1.53. The fourth-order valence-electron chi connectivity index (χ4n) is 4.93. The zero-order valence-electron chi connectivity index (χ0n) is 20.7. The number of hydrogen-bond donors (Lipinski definition) is 1. The number of carbonyl (C=O) groups is 3. The lowest BCUT2D eigenvalue weighted by molar-refractivity contribution is -0.384. The van der Waals surface area contributed by atoms with Crippen molar-refractivity contribution in [3.63, 3.8) is 0 Å². The van der Waals surface area contributed by atoms with Gasteiger partial charge >= 0.3 is 5.97 Å². The van der Waals surface area contributed by atoms with E-state index in [0.29, 0.717) is 11.3 Å². The minimum Gasteiger partial charge on any atom is -0.456 e. The Balaban J connectivity index is 1.31. The van der Waals surface area contributed by atoms with Gasteiger partial charge in [-0.3, -0.25) is 24.6 Å². The maximum absolute atomic E-state index is 13.4. The molecular formula is C27H28N4O6S. The van der Waals surface area contributed by atoms with Crippen LogP contribution in [0.4, 0.5) is 5.69 Å². The third kappa shape index (κ3) is 5.38. The number of thioether (sulfide) groups is 1. The van der Waals surface area contributed by atoms with E-state index in [1.165, 1.54) is 40.9 Å². The number of hydrogen-bond acceptors (Lipinski definition) is 8. The number of benzene rings is 2. The molecule has 3 aliphatic heterocycles. The highest BCUT2D eigenvalue weighted by Gasteiger charge is 2.55. The smallest absolute Gasteiger partial charge is 0.357 e. The number of likely N-dealkylation sites (tertiary alicyclic amines) is 1. The molecule has 38 heavy (non-hydrogen) atoms. The average Bonchev–Trinajstić information content (AvgIpc) is 2.95. The number of nitro groups is 1. The molecule has 3 aliphatic rings. The van der Waals surface area contributed by atoms with Crippen molar-refractivity contribution in [3.05, 3.63) is 87.2 Å². The van der Waals surface area contributed by atoms with E-state index in [-0.39, 0.29) is 36.2 Å². The lowest BCUT2D eigenvalue weighted by Gasteiger charge is -2.51. The van der Waals surface area contributed by atoms with E-state index >= 15 is 0 Å². The molecule has 2 fully saturated rings. The number of esters is 1. The topological polar surface area (TPSA) is 122 Å². The van der Waals surface area contributed by atoms with E-state index in [0.717, 1.165) is 43.6 Å². The Labute approximate surface area is 224 Å². The van der Waals surface area contributed by atoms with E-state index in [1.807, 2.05) is 30.3 Å². The summed E-state index contributed by atoms with van der Waals surface area (Å²) in [5.41, 5.74) is 2.42. The second-order valence-corrected chi connectivity index (χ2v) is 10.6. The van der Waals surface area contributed by atoms with Crippen LogP contribution in [-0.4, -0.2) is 62.8 Å². The predicted molar refractivity (Wildman–Crippen MR) is 141 cm³/mol. The van der Waals surface area contributed by atoms with Gasteiger partial charge in [0.2, 0.25) is 5.91 Å². The Bertz CT molecular complexity index is 1260. The normalized spacial score (nSPS) is 20.9. The SMILES string of the molecule is O=C(Cc1ccccc1)NC1C(=O)N2C(C(=O)OCc3ccc([N+](=O)[O-])cc3)=C(N3CCCCC3)CS[C@@H]12. The number of fused-ring (bicyclic) bond motifs is 1. The Morgan fingerprint density at radius 3 is 2.42 bits per heavy atom. The van der Waals surface area contributed by atoms with Crippen molar-refractivity contribution < 1.29 is 24.0 Å². The highest BCUT2D eigenvalue weighted by molar-refractivity contribution is 8.00. The maximum Gasteiger partial charge on any atom is 0.357 e. The van der Waals surface area contributed by atoms with Crippen LogP contribution in [0.2, 0.25) is 0 Å². The Morgan fingerprint density at radius 2 is 1.74 bits per heavy atom. The Kier molecular flexibility index (Phi) is 7.64. The number of ether oxygens (including phenoxy) is 1. The summed E-state index contributed by atoms with van der Waals surface area (Å²) < 4.78 is 5.60. The van der Waals surface area contributed by atoms with Crippen LogP contribution in [0.5, 0.6) is 0 Å². The molecule has 10 nitrogen and oxygen atoms in total. The number of β-lactam (4-membered cyclic amide) rings is 1. The van der Waals surface area contributed by atoms with Crippen LogP contribution >= 0.6 is 11.8 Å². The standard InChI is InChI=1S/C27H28N4O6S/c32-22(15-18-7-3-1-4-8-18)28-23-25(33)30-24(21(17-38-26(23)30)29-13-5-2-6-14-29)27(34)37-16-19-9-11-20(12-10-19)31(35)36/h1,3-4,7-12,23,26H,2,5-6,13-17H2,(H,28,32)/t23?,26-/m0/s1. The van der Waals surface area contributed by atoms with Crippen LogP contribution in [0.15, 0.2) is 66.0 Å². The fraction of sp³-hybridized carbons (Fsp3) is 0.370. The summed E-state index contributed by atoms with van der Waals surface area (Å²) in [6, 6.07) is 14.4. The van der Waals surface area contributed by atoms with Gasteiger partial charge < -0.3 is 15.0 Å². The molecule has 0 saturated carbocycles. The molecule has 2 saturated heterocycles. The highest BCUT2D eigenvalue weighted by atomic mass is 32.2. The highest BCUT2D eigenvalue weighted by Crippen LogP contribution is 2.42. The van der Waals surface area contributed by atoms with Gasteiger partial charge in [-0.2, -0.15) is 0 Å². The first kappa shape index (κ1) is 25.8. The Morgan fingerprint density at radius 1 is 1.03 bits per heavy atom. The number of rotatable bonds is 8. The zero-order chi connectivity index (χ0) is 26.6. The third-order valence-electron chi connectivity index (χ3n) is 6.92. The van der Waals surface area contributed by atoms with Crippen molar-refractivity contribution in [3.8, 4) is 0 Å². The van der Waals surface area contributed by atoms with Crippen LogP contribution in [0.3, 0.4) is 0 Å². The molecule has 0 aliphatic carbocycles. The van der Waals surface area contributed by atoms with Crippen molar-refractivity contribution in [1.82, 2.24) is 15.1 Å². The van der Waals surface area contributed by atoms with Crippen LogP contribution < -0.4 is 5.32 Å². The second kappa shape index (κ2) is 11.3. The number of nitrogens with one attached hydrogen (secondary N) is 1. The predicted octanol–water partition coefficient (Wildman–Crippen LogP) is 2.98. The zero-order valence-corrected chi connectivity index (χ0v) is 21.5. The lowest BCUT2D eigenvalue weighted by atomic mass is 10.0. The van der Waals surface area contributed by atoms with Gasteiger partial charge in [-0.25, -0.2) is 4.79 Å². The fourth-order valence-corrected chi connectivity index (χ4v) is 6.32. The van der Waals surface area contributed by atoms with E-state index in [1.54, 1.807) is 0 Å². The number of nitrogens with zero attached hydrogens (tertiary/aromatic N) is 3. The van der Waals surface area contributed by atoms with E-state index < -0.39 is 22.3 Å². The monoisotopic (exact) mass is 536 g/mol. The van der Waals surface area contributed by atoms with Gasteiger partial charge in [0, 0.05) is 31.0 Å². The molecule has 198 valence electrons. The van der Waals surface area contributed by atoms with Gasteiger partial charge in [0.25, 0.3) is 11.6 Å². The largest absolute Gasteiger partial charge is 0.456 e. The van der Waals surface area contributed by atoms with Crippen molar-refractivity contribution in [1.29, 1.82) is 0 Å². The molecule has 2 aromatic carbocycles. The number of carbonyl (C=O) groups excluding carboxylic acids is 3. The average molecular weight is 537 g/mol. The summed E-state index contributed by atoms with van der Waals surface area (Å²) in [4.78, 5) is 53.4. The van der Waals surface area contributed by atoms with Gasteiger partial charge in [0.05, 0.1) is 17.0 Å². The van der Waals surface area contributed by atoms with E-state index in [9.17, 15) is 24.5 Å². The van der Waals surface area contributed by atoms with E-state index in [4.69, 9.17) is 4.74 Å². The molecule has 0 radical (unpaired) electrons. The Hall–Kier alpha value is -3.86. The van der Waals surface area contributed by atoms with Gasteiger partial charge in [0.15, 0.2) is 5.70 Å². The molecule has 2 atom stereocenters. The maximum atomic E-state index is 13.4. The van der Waals surface area contributed by atoms with Crippen molar-refractivity contribution in [2.24, 2.45) is 0 Å². The molecule has 2 amide bonds. The van der Waals surface area contributed by atoms with Crippen molar-refractivity contribution >= 4 is 35.2 Å². The first-order chi connectivity index (χ1) is 18.4. The van der Waals surface area contributed by atoms with Gasteiger partial charge in [-0.05, 0) is 42.5 Å². The van der Waals surface area contributed by atoms with Crippen LogP contribution in [0, 0.1) is 10.1 Å². The minimum absolute atomic E-state index is 0.0474. The van der Waals surface area contributed by atoms with Gasteiger partial charge in [-0.15, -0.1) is 11.8 Å². The van der Waals surface area contributed by atoms with Crippen molar-refractivity contribution in [2.45, 2.75) is 43.7 Å². The van der Waals surface area contributed by atoms with Gasteiger partial charge in [-0.1, -0.05) is 30.3 Å². The molecule has 2 aromatic rings. The summed E-state index contributed by atoms with van der Waals surface area (Å²) in [6.07, 6.45) is 3.31. The molecule has 0 aromatic heterocycles.